The first-order chi connectivity index (χ1) is 13.2. The Bertz CT molecular complexity index is 985. The highest BCUT2D eigenvalue weighted by Crippen LogP contribution is 2.31. The zero-order chi connectivity index (χ0) is 20.6. The minimum absolute atomic E-state index is 0.174. The molecule has 1 aromatic heterocycles. The third-order valence-corrected chi connectivity index (χ3v) is 7.75. The van der Waals surface area contributed by atoms with Crippen LogP contribution in [-0.2, 0) is 10.2 Å². The van der Waals surface area contributed by atoms with Crippen LogP contribution in [0, 0.1) is 20.8 Å². The van der Waals surface area contributed by atoms with Crippen LogP contribution >= 0.6 is 0 Å². The van der Waals surface area contributed by atoms with Gasteiger partial charge in [-0.2, -0.15) is 17.0 Å². The van der Waals surface area contributed by atoms with Crippen LogP contribution in [0.25, 0.3) is 11.0 Å². The third-order valence-electron chi connectivity index (χ3n) is 5.56. The van der Waals surface area contributed by atoms with Gasteiger partial charge in [0.25, 0.3) is 16.1 Å². The number of piperazine rings is 1. The molecule has 154 valence electrons. The fraction of sp³-hybridized carbons (Fsp3) is 0.550. The summed E-state index contributed by atoms with van der Waals surface area (Å²) in [5.74, 6) is 0.180. The molecule has 2 heterocycles. The third kappa shape index (κ3) is 3.44. The van der Waals surface area contributed by atoms with Crippen molar-refractivity contribution in [2.75, 3.05) is 39.3 Å². The van der Waals surface area contributed by atoms with E-state index in [4.69, 9.17) is 4.42 Å². The first kappa shape index (κ1) is 20.8. The van der Waals surface area contributed by atoms with Gasteiger partial charge in [-0.05, 0) is 31.9 Å². The van der Waals surface area contributed by atoms with Crippen molar-refractivity contribution in [2.45, 2.75) is 34.6 Å². The maximum absolute atomic E-state index is 13.1. The van der Waals surface area contributed by atoms with Gasteiger partial charge in [-0.3, -0.25) is 4.79 Å². The van der Waals surface area contributed by atoms with Crippen LogP contribution < -0.4 is 0 Å². The molecule has 1 aromatic carbocycles. The average molecular weight is 408 g/mol. The molecule has 1 fully saturated rings. The number of nitrogens with zero attached hydrogens (tertiary/aromatic N) is 3. The topological polar surface area (TPSA) is 74.1 Å². The average Bonchev–Trinajstić information content (AvgIpc) is 3.03. The van der Waals surface area contributed by atoms with Gasteiger partial charge in [-0.25, -0.2) is 0 Å². The molecule has 28 heavy (non-hydrogen) atoms. The normalized spacial score (nSPS) is 16.3. The summed E-state index contributed by atoms with van der Waals surface area (Å²) < 4.78 is 34.2. The number of fused-ring (bicyclic) bond motifs is 1. The Morgan fingerprint density at radius 1 is 1.04 bits per heavy atom. The molecule has 3 rings (SSSR count). The second-order valence-corrected chi connectivity index (χ2v) is 9.17. The molecule has 1 amide bonds. The summed E-state index contributed by atoms with van der Waals surface area (Å²) in [5, 5.41) is 0.992. The highest BCUT2D eigenvalue weighted by molar-refractivity contribution is 7.86. The number of amides is 1. The van der Waals surface area contributed by atoms with E-state index in [2.05, 4.69) is 0 Å². The Morgan fingerprint density at radius 3 is 2.14 bits per heavy atom. The summed E-state index contributed by atoms with van der Waals surface area (Å²) >= 11 is 0. The molecule has 8 heteroatoms. The lowest BCUT2D eigenvalue weighted by Crippen LogP contribution is -2.54. The molecule has 2 aromatic rings. The fourth-order valence-electron chi connectivity index (χ4n) is 3.86. The van der Waals surface area contributed by atoms with Crippen LogP contribution in [0.4, 0.5) is 0 Å². The van der Waals surface area contributed by atoms with E-state index in [0.717, 1.165) is 27.7 Å². The van der Waals surface area contributed by atoms with Crippen molar-refractivity contribution in [3.63, 3.8) is 0 Å². The maximum atomic E-state index is 13.1. The summed E-state index contributed by atoms with van der Waals surface area (Å²) in [6.45, 7) is 11.7. The number of rotatable bonds is 5. The SMILES string of the molecule is CCN(CC)S(=O)(=O)N1CCN(C(=O)c2oc3c(C)ccc(C)c3c2C)CC1. The highest BCUT2D eigenvalue weighted by Gasteiger charge is 2.33. The standard InChI is InChI=1S/C20H29N3O4S/c1-6-22(7-2)28(25,26)23-12-10-21(11-13-23)20(24)19-16(5)17-14(3)8-9-15(4)18(17)27-19/h8-9H,6-7,10-13H2,1-5H3. The summed E-state index contributed by atoms with van der Waals surface area (Å²) in [6.07, 6.45) is 0. The lowest BCUT2D eigenvalue weighted by molar-refractivity contribution is 0.0663. The van der Waals surface area contributed by atoms with E-state index < -0.39 is 10.2 Å². The smallest absolute Gasteiger partial charge is 0.289 e. The molecular formula is C20H29N3O4S. The number of aryl methyl sites for hydroxylation is 3. The van der Waals surface area contributed by atoms with E-state index >= 15 is 0 Å². The molecule has 0 saturated carbocycles. The second kappa shape index (κ2) is 7.85. The highest BCUT2D eigenvalue weighted by atomic mass is 32.2. The van der Waals surface area contributed by atoms with Gasteiger partial charge in [0.15, 0.2) is 5.76 Å². The fourth-order valence-corrected chi connectivity index (χ4v) is 5.46. The van der Waals surface area contributed by atoms with Crippen LogP contribution in [0.3, 0.4) is 0 Å². The van der Waals surface area contributed by atoms with Crippen molar-refractivity contribution in [3.05, 3.63) is 34.6 Å². The van der Waals surface area contributed by atoms with Crippen molar-refractivity contribution in [1.29, 1.82) is 0 Å². The molecule has 0 unspecified atom stereocenters. The monoisotopic (exact) mass is 407 g/mol. The van der Waals surface area contributed by atoms with Gasteiger partial charge in [0.2, 0.25) is 0 Å². The summed E-state index contributed by atoms with van der Waals surface area (Å²) in [4.78, 5) is 14.8. The molecule has 0 spiro atoms. The quantitative estimate of drug-likeness (QED) is 0.764. The molecule has 1 saturated heterocycles. The Balaban J connectivity index is 1.80. The number of benzene rings is 1. The zero-order valence-electron chi connectivity index (χ0n) is 17.3. The number of hydrogen-bond acceptors (Lipinski definition) is 4. The van der Waals surface area contributed by atoms with Gasteiger partial charge < -0.3 is 9.32 Å². The molecule has 0 aliphatic carbocycles. The Hall–Kier alpha value is -1.90. The first-order valence-corrected chi connectivity index (χ1v) is 11.2. The van der Waals surface area contributed by atoms with Crippen LogP contribution in [0.2, 0.25) is 0 Å². The van der Waals surface area contributed by atoms with E-state index in [-0.39, 0.29) is 5.91 Å². The van der Waals surface area contributed by atoms with E-state index in [1.807, 2.05) is 46.8 Å². The van der Waals surface area contributed by atoms with Crippen molar-refractivity contribution in [2.24, 2.45) is 0 Å². The number of hydrogen-bond donors (Lipinski definition) is 0. The van der Waals surface area contributed by atoms with Crippen LogP contribution in [0.15, 0.2) is 16.5 Å². The van der Waals surface area contributed by atoms with E-state index in [1.165, 1.54) is 8.61 Å². The molecule has 0 bridgehead atoms. The minimum atomic E-state index is -3.47. The van der Waals surface area contributed by atoms with Crippen molar-refractivity contribution in [3.8, 4) is 0 Å². The number of furan rings is 1. The minimum Gasteiger partial charge on any atom is -0.450 e. The Morgan fingerprint density at radius 2 is 1.61 bits per heavy atom. The molecular weight excluding hydrogens is 378 g/mol. The van der Waals surface area contributed by atoms with Gasteiger partial charge in [0.05, 0.1) is 0 Å². The van der Waals surface area contributed by atoms with E-state index in [0.29, 0.717) is 45.0 Å². The molecule has 0 atom stereocenters. The molecule has 0 radical (unpaired) electrons. The van der Waals surface area contributed by atoms with Gasteiger partial charge in [0.1, 0.15) is 5.58 Å². The van der Waals surface area contributed by atoms with Crippen molar-refractivity contribution >= 4 is 27.1 Å². The second-order valence-electron chi connectivity index (χ2n) is 7.24. The number of carbonyl (C=O) groups excluding carboxylic acids is 1. The molecule has 1 aliphatic heterocycles. The van der Waals surface area contributed by atoms with E-state index in [1.54, 1.807) is 4.90 Å². The summed E-state index contributed by atoms with van der Waals surface area (Å²) in [7, 11) is -3.47. The molecule has 0 N–H and O–H groups in total. The largest absolute Gasteiger partial charge is 0.450 e. The van der Waals surface area contributed by atoms with Crippen LogP contribution in [0.5, 0.6) is 0 Å². The van der Waals surface area contributed by atoms with Crippen LogP contribution in [-0.4, -0.2) is 67.1 Å². The maximum Gasteiger partial charge on any atom is 0.289 e. The lowest BCUT2D eigenvalue weighted by atomic mass is 10.0. The van der Waals surface area contributed by atoms with Gasteiger partial charge in [-0.15, -0.1) is 0 Å². The van der Waals surface area contributed by atoms with Gasteiger partial charge in [-0.1, -0.05) is 26.0 Å². The number of carbonyl (C=O) groups is 1. The van der Waals surface area contributed by atoms with E-state index in [9.17, 15) is 13.2 Å². The Kier molecular flexibility index (Phi) is 5.84. The molecule has 7 nitrogen and oxygen atoms in total. The Labute approximate surface area is 167 Å². The van der Waals surface area contributed by atoms with Gasteiger partial charge >= 0.3 is 0 Å². The van der Waals surface area contributed by atoms with Crippen LogP contribution in [0.1, 0.15) is 41.1 Å². The van der Waals surface area contributed by atoms with Crippen molar-refractivity contribution in [1.82, 2.24) is 13.5 Å². The summed E-state index contributed by atoms with van der Waals surface area (Å²) in [6, 6.07) is 4.02. The lowest BCUT2D eigenvalue weighted by Gasteiger charge is -2.36. The predicted molar refractivity (Wildman–Crippen MR) is 110 cm³/mol. The predicted octanol–water partition coefficient (Wildman–Crippen LogP) is 2.70. The first-order valence-electron chi connectivity index (χ1n) is 9.76. The molecule has 1 aliphatic rings. The zero-order valence-corrected chi connectivity index (χ0v) is 18.1. The van der Waals surface area contributed by atoms with Crippen molar-refractivity contribution < 1.29 is 17.6 Å². The van der Waals surface area contributed by atoms with Gasteiger partial charge in [0, 0.05) is 50.2 Å². The summed E-state index contributed by atoms with van der Waals surface area (Å²) in [5.41, 5.74) is 3.68.